The standard InChI is InChI=1S/C34H31F3N2O3/c1-21(40)38-16-14-25-5-3-4-24-8-9-26(19-30(24)25)27-10-13-32-31(20-27)29(15-17-39-22(2)41)33(42-32)18-23-6-11-28(12-7-23)34(35,36)37/h3-13,19-20H,14-18H2,1-2H3,(H,38,40)(H,39,41). The maximum Gasteiger partial charge on any atom is 0.416 e. The number of hydrogen-bond acceptors (Lipinski definition) is 3. The van der Waals surface area contributed by atoms with E-state index in [1.54, 1.807) is 0 Å². The van der Waals surface area contributed by atoms with Crippen molar-refractivity contribution >= 4 is 33.6 Å². The molecule has 0 fully saturated rings. The van der Waals surface area contributed by atoms with Crippen LogP contribution < -0.4 is 10.6 Å². The average Bonchev–Trinajstić information content (AvgIpc) is 3.28. The van der Waals surface area contributed by atoms with E-state index in [1.807, 2.05) is 18.2 Å². The van der Waals surface area contributed by atoms with E-state index in [9.17, 15) is 22.8 Å². The molecule has 0 radical (unpaired) electrons. The Kier molecular flexibility index (Phi) is 8.34. The minimum atomic E-state index is -4.40. The first kappa shape index (κ1) is 28.9. The molecule has 0 saturated heterocycles. The molecule has 5 nitrogen and oxygen atoms in total. The van der Waals surface area contributed by atoms with Crippen LogP contribution in [0.4, 0.5) is 13.2 Å². The normalized spacial score (nSPS) is 11.6. The van der Waals surface area contributed by atoms with Crippen LogP contribution in [0, 0.1) is 0 Å². The van der Waals surface area contributed by atoms with Crippen molar-refractivity contribution in [2.45, 2.75) is 39.3 Å². The largest absolute Gasteiger partial charge is 0.460 e. The number of rotatable bonds is 9. The molecule has 0 bridgehead atoms. The number of furan rings is 1. The number of hydrogen-bond donors (Lipinski definition) is 2. The fraction of sp³-hybridized carbons (Fsp3) is 0.235. The average molecular weight is 573 g/mol. The second-order valence-corrected chi connectivity index (χ2v) is 10.4. The van der Waals surface area contributed by atoms with E-state index >= 15 is 0 Å². The molecule has 4 aromatic carbocycles. The van der Waals surface area contributed by atoms with E-state index in [0.717, 1.165) is 50.5 Å². The zero-order valence-corrected chi connectivity index (χ0v) is 23.4. The molecule has 42 heavy (non-hydrogen) atoms. The van der Waals surface area contributed by atoms with Gasteiger partial charge in [-0.2, -0.15) is 13.2 Å². The Balaban J connectivity index is 1.51. The molecule has 0 atom stereocenters. The minimum Gasteiger partial charge on any atom is -0.460 e. The molecule has 1 heterocycles. The van der Waals surface area contributed by atoms with Crippen LogP contribution in [-0.2, 0) is 35.0 Å². The maximum atomic E-state index is 13.1. The van der Waals surface area contributed by atoms with Gasteiger partial charge in [-0.15, -0.1) is 0 Å². The molecule has 5 rings (SSSR count). The second kappa shape index (κ2) is 12.1. The molecule has 2 N–H and O–H groups in total. The second-order valence-electron chi connectivity index (χ2n) is 10.4. The Morgan fingerprint density at radius 3 is 2.07 bits per heavy atom. The van der Waals surface area contributed by atoms with Gasteiger partial charge in [0.2, 0.25) is 11.8 Å². The number of amides is 2. The van der Waals surface area contributed by atoms with Gasteiger partial charge < -0.3 is 15.1 Å². The van der Waals surface area contributed by atoms with Gasteiger partial charge in [-0.25, -0.2) is 0 Å². The smallest absolute Gasteiger partial charge is 0.416 e. The van der Waals surface area contributed by atoms with Gasteiger partial charge in [0, 0.05) is 44.3 Å². The molecule has 0 aliphatic carbocycles. The Morgan fingerprint density at radius 2 is 1.40 bits per heavy atom. The van der Waals surface area contributed by atoms with Gasteiger partial charge in [-0.05, 0) is 76.2 Å². The number of carbonyl (C=O) groups is 2. The first-order valence-corrected chi connectivity index (χ1v) is 13.8. The molecule has 1 aromatic heterocycles. The van der Waals surface area contributed by atoms with Gasteiger partial charge >= 0.3 is 6.18 Å². The van der Waals surface area contributed by atoms with Gasteiger partial charge in [0.15, 0.2) is 0 Å². The monoisotopic (exact) mass is 572 g/mol. The molecular weight excluding hydrogens is 541 g/mol. The molecule has 2 amide bonds. The Labute approximate surface area is 241 Å². The number of carbonyl (C=O) groups excluding carboxylic acids is 2. The first-order chi connectivity index (χ1) is 20.1. The summed E-state index contributed by atoms with van der Waals surface area (Å²) < 4.78 is 45.4. The first-order valence-electron chi connectivity index (χ1n) is 13.8. The SMILES string of the molecule is CC(=O)NCCc1cccc2ccc(-c3ccc4oc(Cc5ccc(C(F)(F)F)cc5)c(CCNC(C)=O)c4c3)cc12. The van der Waals surface area contributed by atoms with E-state index < -0.39 is 11.7 Å². The van der Waals surface area contributed by atoms with E-state index in [2.05, 4.69) is 47.0 Å². The third kappa shape index (κ3) is 6.65. The predicted octanol–water partition coefficient (Wildman–Crippen LogP) is 7.22. The summed E-state index contributed by atoms with van der Waals surface area (Å²) in [7, 11) is 0. The highest BCUT2D eigenvalue weighted by Gasteiger charge is 2.30. The maximum absolute atomic E-state index is 13.1. The molecule has 0 saturated carbocycles. The van der Waals surface area contributed by atoms with Gasteiger partial charge in [-0.1, -0.05) is 48.5 Å². The number of fused-ring (bicyclic) bond motifs is 2. The van der Waals surface area contributed by atoms with Crippen LogP contribution in [0.5, 0.6) is 0 Å². The lowest BCUT2D eigenvalue weighted by atomic mass is 9.95. The van der Waals surface area contributed by atoms with E-state index in [-0.39, 0.29) is 11.8 Å². The third-order valence-corrected chi connectivity index (χ3v) is 7.34. The summed E-state index contributed by atoms with van der Waals surface area (Å²) in [5.41, 5.74) is 4.75. The van der Waals surface area contributed by atoms with Crippen molar-refractivity contribution < 1.29 is 27.2 Å². The molecular formula is C34H31F3N2O3. The third-order valence-electron chi connectivity index (χ3n) is 7.34. The zero-order chi connectivity index (χ0) is 29.9. The highest BCUT2D eigenvalue weighted by atomic mass is 19.4. The quantitative estimate of drug-likeness (QED) is 0.196. The topological polar surface area (TPSA) is 71.3 Å². The van der Waals surface area contributed by atoms with Crippen molar-refractivity contribution in [2.75, 3.05) is 13.1 Å². The van der Waals surface area contributed by atoms with Crippen LogP contribution in [0.2, 0.25) is 0 Å². The van der Waals surface area contributed by atoms with Crippen LogP contribution in [0.3, 0.4) is 0 Å². The Bertz CT molecular complexity index is 1750. The lowest BCUT2D eigenvalue weighted by molar-refractivity contribution is -0.137. The van der Waals surface area contributed by atoms with E-state index in [1.165, 1.54) is 26.0 Å². The Hall–Kier alpha value is -4.59. The van der Waals surface area contributed by atoms with Gasteiger partial charge in [-0.3, -0.25) is 9.59 Å². The van der Waals surface area contributed by atoms with E-state index in [0.29, 0.717) is 49.3 Å². The Morgan fingerprint density at radius 1 is 0.762 bits per heavy atom. The van der Waals surface area contributed by atoms with Gasteiger partial charge in [0.05, 0.1) is 5.56 Å². The van der Waals surface area contributed by atoms with Crippen molar-refractivity contribution in [3.05, 3.63) is 107 Å². The zero-order valence-electron chi connectivity index (χ0n) is 23.4. The fourth-order valence-corrected chi connectivity index (χ4v) is 5.26. The molecule has 0 aliphatic rings. The summed E-state index contributed by atoms with van der Waals surface area (Å²) in [4.78, 5) is 22.9. The van der Waals surface area contributed by atoms with Gasteiger partial charge in [0.25, 0.3) is 0 Å². The molecule has 216 valence electrons. The molecule has 0 aliphatic heterocycles. The summed E-state index contributed by atoms with van der Waals surface area (Å²) in [6.07, 6.45) is -2.85. The lowest BCUT2D eigenvalue weighted by Crippen LogP contribution is -2.22. The minimum absolute atomic E-state index is 0.0589. The number of halogens is 3. The van der Waals surface area contributed by atoms with Crippen LogP contribution in [0.15, 0.2) is 83.3 Å². The van der Waals surface area contributed by atoms with E-state index in [4.69, 9.17) is 4.42 Å². The molecule has 8 heteroatoms. The summed E-state index contributed by atoms with van der Waals surface area (Å²) >= 11 is 0. The lowest BCUT2D eigenvalue weighted by Gasteiger charge is -2.10. The van der Waals surface area contributed by atoms with Crippen molar-refractivity contribution in [2.24, 2.45) is 0 Å². The summed E-state index contributed by atoms with van der Waals surface area (Å²) in [6, 6.07) is 23.5. The highest BCUT2D eigenvalue weighted by molar-refractivity contribution is 5.93. The summed E-state index contributed by atoms with van der Waals surface area (Å²) in [5.74, 6) is 0.459. The van der Waals surface area contributed by atoms with Crippen molar-refractivity contribution in [3.8, 4) is 11.1 Å². The summed E-state index contributed by atoms with van der Waals surface area (Å²) in [5, 5.41) is 8.81. The number of alkyl halides is 3. The fourth-order valence-electron chi connectivity index (χ4n) is 5.26. The van der Waals surface area contributed by atoms with Crippen molar-refractivity contribution in [1.82, 2.24) is 10.6 Å². The molecule has 0 spiro atoms. The highest BCUT2D eigenvalue weighted by Crippen LogP contribution is 2.35. The van der Waals surface area contributed by atoms with Crippen molar-refractivity contribution in [1.29, 1.82) is 0 Å². The molecule has 0 unspecified atom stereocenters. The number of nitrogens with one attached hydrogen (secondary N) is 2. The van der Waals surface area contributed by atoms with Crippen LogP contribution in [-0.4, -0.2) is 24.9 Å². The molecule has 5 aromatic rings. The number of benzene rings is 4. The predicted molar refractivity (Wildman–Crippen MR) is 158 cm³/mol. The van der Waals surface area contributed by atoms with Crippen LogP contribution in [0.1, 0.15) is 41.9 Å². The van der Waals surface area contributed by atoms with Crippen LogP contribution in [0.25, 0.3) is 32.9 Å². The van der Waals surface area contributed by atoms with Gasteiger partial charge in [0.1, 0.15) is 11.3 Å². The van der Waals surface area contributed by atoms with Crippen molar-refractivity contribution in [3.63, 3.8) is 0 Å². The van der Waals surface area contributed by atoms with Crippen LogP contribution >= 0.6 is 0 Å². The summed E-state index contributed by atoms with van der Waals surface area (Å²) in [6.45, 7) is 3.92.